The first-order valence-electron chi connectivity index (χ1n) is 12.8. The first kappa shape index (κ1) is 27.0. The van der Waals surface area contributed by atoms with Crippen molar-refractivity contribution in [2.45, 2.75) is 49.6 Å². The lowest BCUT2D eigenvalue weighted by Gasteiger charge is -2.40. The molecule has 0 saturated carbocycles. The minimum atomic E-state index is -3.63. The van der Waals surface area contributed by atoms with Gasteiger partial charge in [0.25, 0.3) is 0 Å². The summed E-state index contributed by atoms with van der Waals surface area (Å²) in [4.78, 5) is 5.48. The second-order valence-corrected chi connectivity index (χ2v) is 12.8. The van der Waals surface area contributed by atoms with Gasteiger partial charge in [-0.15, -0.1) is 0 Å². The quantitative estimate of drug-likeness (QED) is 0.358. The third-order valence-corrected chi connectivity index (χ3v) is 10.1. The molecule has 3 aromatic rings. The highest BCUT2D eigenvalue weighted by Crippen LogP contribution is 2.48. The standard InChI is InChI=1S/C29H31Cl2N3O3S/c1-4-37-26-16-15-24(38(35,36)34-17-5-6-18-34)19-25(26)27-32-28(2,20-7-11-22(30)12-8-20)29(3,33-27)21-9-13-23(31)14-10-21/h7-16,19H,4-6,17-18H2,1-3H3,(H,32,33)/t28-,29-/m0/s1. The number of hydrogen-bond acceptors (Lipinski definition) is 5. The van der Waals surface area contributed by atoms with Crippen LogP contribution in [0.2, 0.25) is 10.0 Å². The summed E-state index contributed by atoms with van der Waals surface area (Å²) < 4.78 is 34.4. The van der Waals surface area contributed by atoms with Gasteiger partial charge in [0.05, 0.1) is 22.6 Å². The average molecular weight is 573 g/mol. The molecule has 2 aliphatic heterocycles. The lowest BCUT2D eigenvalue weighted by atomic mass is 9.72. The molecule has 0 bridgehead atoms. The molecule has 200 valence electrons. The maximum absolute atomic E-state index is 13.4. The zero-order chi connectivity index (χ0) is 27.1. The summed E-state index contributed by atoms with van der Waals surface area (Å²) in [5.41, 5.74) is 1.07. The van der Waals surface area contributed by atoms with Gasteiger partial charge in [-0.05, 0) is 87.2 Å². The Labute approximate surface area is 234 Å². The predicted octanol–water partition coefficient (Wildman–Crippen LogP) is 6.36. The third kappa shape index (κ3) is 4.60. The van der Waals surface area contributed by atoms with Crippen molar-refractivity contribution in [3.8, 4) is 5.75 Å². The molecule has 38 heavy (non-hydrogen) atoms. The van der Waals surface area contributed by atoms with Crippen LogP contribution in [0.1, 0.15) is 50.3 Å². The van der Waals surface area contributed by atoms with Gasteiger partial charge < -0.3 is 10.1 Å². The Hall–Kier alpha value is -2.58. The highest BCUT2D eigenvalue weighted by molar-refractivity contribution is 7.89. The van der Waals surface area contributed by atoms with Crippen molar-refractivity contribution in [1.29, 1.82) is 0 Å². The van der Waals surface area contributed by atoms with Crippen LogP contribution in [-0.2, 0) is 21.1 Å². The van der Waals surface area contributed by atoms with Crippen molar-refractivity contribution < 1.29 is 13.2 Å². The minimum Gasteiger partial charge on any atom is -0.493 e. The molecule has 2 atom stereocenters. The Morgan fingerprint density at radius 3 is 2.08 bits per heavy atom. The number of rotatable bonds is 7. The molecule has 0 aromatic heterocycles. The average Bonchev–Trinajstić information content (AvgIpc) is 3.54. The lowest BCUT2D eigenvalue weighted by Crippen LogP contribution is -2.50. The minimum absolute atomic E-state index is 0.232. The summed E-state index contributed by atoms with van der Waals surface area (Å²) >= 11 is 12.4. The van der Waals surface area contributed by atoms with Gasteiger partial charge >= 0.3 is 0 Å². The van der Waals surface area contributed by atoms with Crippen LogP contribution in [0.5, 0.6) is 5.75 Å². The molecule has 1 saturated heterocycles. The van der Waals surface area contributed by atoms with Crippen LogP contribution in [0.4, 0.5) is 0 Å². The van der Waals surface area contributed by atoms with Gasteiger partial charge in [0, 0.05) is 23.1 Å². The molecule has 9 heteroatoms. The van der Waals surface area contributed by atoms with Gasteiger partial charge in [-0.3, -0.25) is 4.99 Å². The molecule has 0 spiro atoms. The smallest absolute Gasteiger partial charge is 0.243 e. The van der Waals surface area contributed by atoms with Crippen molar-refractivity contribution in [2.24, 2.45) is 4.99 Å². The van der Waals surface area contributed by atoms with E-state index in [0.29, 0.717) is 46.9 Å². The van der Waals surface area contributed by atoms with Crippen LogP contribution >= 0.6 is 23.2 Å². The molecule has 1 fully saturated rings. The van der Waals surface area contributed by atoms with Gasteiger partial charge in [-0.25, -0.2) is 8.42 Å². The van der Waals surface area contributed by atoms with Crippen LogP contribution in [0.25, 0.3) is 0 Å². The van der Waals surface area contributed by atoms with Gasteiger partial charge in [-0.2, -0.15) is 4.31 Å². The van der Waals surface area contributed by atoms with E-state index < -0.39 is 21.1 Å². The third-order valence-electron chi connectivity index (χ3n) is 7.71. The van der Waals surface area contributed by atoms with E-state index in [0.717, 1.165) is 24.0 Å². The van der Waals surface area contributed by atoms with E-state index in [1.807, 2.05) is 55.5 Å². The van der Waals surface area contributed by atoms with Gasteiger partial charge in [0.15, 0.2) is 0 Å². The van der Waals surface area contributed by atoms with Gasteiger partial charge in [0.2, 0.25) is 10.0 Å². The first-order valence-corrected chi connectivity index (χ1v) is 15.0. The van der Waals surface area contributed by atoms with E-state index in [1.54, 1.807) is 22.5 Å². The van der Waals surface area contributed by atoms with Crippen molar-refractivity contribution in [3.05, 3.63) is 93.5 Å². The molecule has 3 aromatic carbocycles. The van der Waals surface area contributed by atoms with Crippen molar-refractivity contribution in [3.63, 3.8) is 0 Å². The van der Waals surface area contributed by atoms with Gasteiger partial charge in [-0.1, -0.05) is 47.5 Å². The van der Waals surface area contributed by atoms with Crippen molar-refractivity contribution in [1.82, 2.24) is 9.62 Å². The largest absolute Gasteiger partial charge is 0.493 e. The van der Waals surface area contributed by atoms with E-state index in [1.165, 1.54) is 0 Å². The topological polar surface area (TPSA) is 71.0 Å². The molecule has 5 rings (SSSR count). The van der Waals surface area contributed by atoms with Crippen LogP contribution < -0.4 is 10.1 Å². The number of hydrogen-bond donors (Lipinski definition) is 1. The molecular formula is C29H31Cl2N3O3S. The van der Waals surface area contributed by atoms with Crippen LogP contribution in [0.15, 0.2) is 76.6 Å². The number of amidine groups is 1. The van der Waals surface area contributed by atoms with E-state index in [9.17, 15) is 8.42 Å². The van der Waals surface area contributed by atoms with Crippen molar-refractivity contribution in [2.75, 3.05) is 19.7 Å². The SMILES string of the molecule is CCOc1ccc(S(=O)(=O)N2CCCC2)cc1C1=N[C@@](C)(c2ccc(Cl)cc2)[C@](C)(c2ccc(Cl)cc2)N1. The molecule has 0 unspecified atom stereocenters. The highest BCUT2D eigenvalue weighted by Gasteiger charge is 2.52. The number of benzene rings is 3. The zero-order valence-electron chi connectivity index (χ0n) is 21.7. The zero-order valence-corrected chi connectivity index (χ0v) is 24.0. The number of halogens is 2. The van der Waals surface area contributed by atoms with Crippen LogP contribution in [0, 0.1) is 0 Å². The van der Waals surface area contributed by atoms with E-state index in [2.05, 4.69) is 19.2 Å². The number of aliphatic imine (C=N–C) groups is 1. The molecule has 2 heterocycles. The highest BCUT2D eigenvalue weighted by atomic mass is 35.5. The second kappa shape index (κ2) is 10.2. The number of nitrogens with zero attached hydrogens (tertiary/aromatic N) is 2. The fourth-order valence-corrected chi connectivity index (χ4v) is 7.12. The molecule has 6 nitrogen and oxygen atoms in total. The van der Waals surface area contributed by atoms with E-state index >= 15 is 0 Å². The molecule has 1 N–H and O–H groups in total. The predicted molar refractivity (Wildman–Crippen MR) is 153 cm³/mol. The summed E-state index contributed by atoms with van der Waals surface area (Å²) in [6, 6.07) is 20.4. The first-order chi connectivity index (χ1) is 18.1. The Balaban J connectivity index is 1.68. The maximum atomic E-state index is 13.4. The lowest BCUT2D eigenvalue weighted by molar-refractivity contribution is 0.268. The Morgan fingerprint density at radius 1 is 0.921 bits per heavy atom. The number of sulfonamides is 1. The number of nitrogens with one attached hydrogen (secondary N) is 1. The van der Waals surface area contributed by atoms with Gasteiger partial charge in [0.1, 0.15) is 17.1 Å². The van der Waals surface area contributed by atoms with E-state index in [4.69, 9.17) is 32.9 Å². The normalized spacial score (nSPS) is 23.8. The van der Waals surface area contributed by atoms with Crippen molar-refractivity contribution >= 4 is 39.1 Å². The summed E-state index contributed by atoms with van der Waals surface area (Å²) in [5, 5.41) is 4.94. The monoisotopic (exact) mass is 571 g/mol. The fraction of sp³-hybridized carbons (Fsp3) is 0.345. The second-order valence-electron chi connectivity index (χ2n) is 10.00. The molecule has 0 amide bonds. The molecule has 0 aliphatic carbocycles. The van der Waals surface area contributed by atoms with Crippen LogP contribution in [0.3, 0.4) is 0 Å². The summed E-state index contributed by atoms with van der Waals surface area (Å²) in [6.45, 7) is 7.56. The Morgan fingerprint density at radius 2 is 1.50 bits per heavy atom. The summed E-state index contributed by atoms with van der Waals surface area (Å²) in [7, 11) is -3.63. The molecule has 2 aliphatic rings. The fourth-order valence-electron chi connectivity index (χ4n) is 5.33. The molecule has 0 radical (unpaired) electrons. The Bertz CT molecular complexity index is 1470. The Kier molecular flexibility index (Phi) is 7.24. The van der Waals surface area contributed by atoms with E-state index in [-0.39, 0.29) is 4.90 Å². The number of ether oxygens (including phenoxy) is 1. The molecular weight excluding hydrogens is 541 g/mol. The summed E-state index contributed by atoms with van der Waals surface area (Å²) in [5.74, 6) is 1.12. The maximum Gasteiger partial charge on any atom is 0.243 e. The van der Waals surface area contributed by atoms with Crippen LogP contribution in [-0.4, -0.2) is 38.3 Å². The summed E-state index contributed by atoms with van der Waals surface area (Å²) in [6.07, 6.45) is 1.74.